The van der Waals surface area contributed by atoms with Gasteiger partial charge in [0.25, 0.3) is 0 Å². The van der Waals surface area contributed by atoms with Gasteiger partial charge in [-0.15, -0.1) is 0 Å². The number of hydrogen-bond acceptors (Lipinski definition) is 4. The normalized spacial score (nSPS) is 9.30. The Morgan fingerprint density at radius 2 is 2.00 bits per heavy atom. The molecular weight excluding hydrogens is 249 g/mol. The van der Waals surface area contributed by atoms with Crippen LogP contribution in [0, 0.1) is 13.9 Å². The molecular formula is C4H2IN3O2. The summed E-state index contributed by atoms with van der Waals surface area (Å²) in [6.45, 7) is 0. The first-order chi connectivity index (χ1) is 4.70. The molecule has 0 radical (unpaired) electrons. The quantitative estimate of drug-likeness (QED) is 0.323. The van der Waals surface area contributed by atoms with Gasteiger partial charge in [0.05, 0.1) is 4.92 Å². The van der Waals surface area contributed by atoms with Gasteiger partial charge in [0.1, 0.15) is 12.4 Å². The van der Waals surface area contributed by atoms with Gasteiger partial charge in [-0.2, -0.15) is 0 Å². The summed E-state index contributed by atoms with van der Waals surface area (Å²) in [4.78, 5) is 16.8. The lowest BCUT2D eigenvalue weighted by molar-refractivity contribution is -0.385. The maximum atomic E-state index is 10.0. The molecule has 0 aliphatic heterocycles. The number of halogens is 1. The molecule has 0 N–H and O–H groups in total. The lowest BCUT2D eigenvalue weighted by Gasteiger charge is -1.87. The molecule has 0 saturated carbocycles. The van der Waals surface area contributed by atoms with Crippen LogP contribution in [-0.4, -0.2) is 14.9 Å². The fraction of sp³-hybridized carbons (Fsp3) is 0. The Kier molecular flexibility index (Phi) is 2.10. The largest absolute Gasteiger partial charge is 0.305 e. The van der Waals surface area contributed by atoms with Crippen molar-refractivity contribution < 1.29 is 4.92 Å². The molecule has 0 unspecified atom stereocenters. The summed E-state index contributed by atoms with van der Waals surface area (Å²) in [7, 11) is 0. The van der Waals surface area contributed by atoms with Crippen molar-refractivity contribution in [2.24, 2.45) is 0 Å². The molecule has 0 saturated heterocycles. The predicted molar refractivity (Wildman–Crippen MR) is 41.4 cm³/mol. The zero-order valence-electron chi connectivity index (χ0n) is 4.69. The minimum Gasteiger partial charge on any atom is -0.258 e. The van der Waals surface area contributed by atoms with E-state index >= 15 is 0 Å². The molecule has 0 fully saturated rings. The third-order valence-corrected chi connectivity index (χ3v) is 1.37. The lowest BCUT2D eigenvalue weighted by Crippen LogP contribution is -1.92. The van der Waals surface area contributed by atoms with Crippen LogP contribution in [0.15, 0.2) is 12.4 Å². The van der Waals surface area contributed by atoms with Crippen molar-refractivity contribution in [3.63, 3.8) is 0 Å². The first-order valence-electron chi connectivity index (χ1n) is 2.32. The van der Waals surface area contributed by atoms with E-state index in [4.69, 9.17) is 0 Å². The zero-order chi connectivity index (χ0) is 7.56. The second-order valence-corrected chi connectivity index (χ2v) is 2.43. The molecule has 0 aliphatic carbocycles. The molecule has 0 spiro atoms. The monoisotopic (exact) mass is 251 g/mol. The summed E-state index contributed by atoms with van der Waals surface area (Å²) in [5.41, 5.74) is -0.0829. The summed E-state index contributed by atoms with van der Waals surface area (Å²) in [6.07, 6.45) is 2.35. The molecule has 5 nitrogen and oxygen atoms in total. The van der Waals surface area contributed by atoms with Gasteiger partial charge in [-0.25, -0.2) is 9.97 Å². The highest BCUT2D eigenvalue weighted by atomic mass is 127. The Bertz CT molecular complexity index is 247. The van der Waals surface area contributed by atoms with Gasteiger partial charge >= 0.3 is 5.69 Å². The lowest BCUT2D eigenvalue weighted by atomic mass is 10.6. The van der Waals surface area contributed by atoms with Crippen molar-refractivity contribution in [3.05, 3.63) is 26.3 Å². The molecule has 10 heavy (non-hydrogen) atoms. The van der Waals surface area contributed by atoms with E-state index in [1.54, 1.807) is 0 Å². The van der Waals surface area contributed by atoms with Crippen LogP contribution in [0.4, 0.5) is 5.69 Å². The average Bonchev–Trinajstić information content (AvgIpc) is 1.88. The van der Waals surface area contributed by atoms with Gasteiger partial charge < -0.3 is 0 Å². The standard InChI is InChI=1S/C4H2IN3O2/c5-4-6-1-3(2-7-4)8(9)10/h1-2H. The Morgan fingerprint density at radius 1 is 1.50 bits per heavy atom. The van der Waals surface area contributed by atoms with E-state index in [0.29, 0.717) is 3.83 Å². The van der Waals surface area contributed by atoms with Crippen LogP contribution in [0.1, 0.15) is 0 Å². The summed E-state index contributed by atoms with van der Waals surface area (Å²) >= 11 is 1.88. The van der Waals surface area contributed by atoms with Gasteiger partial charge in [0.15, 0.2) is 3.83 Å². The van der Waals surface area contributed by atoms with Gasteiger partial charge in [-0.1, -0.05) is 0 Å². The predicted octanol–water partition coefficient (Wildman–Crippen LogP) is 0.989. The minimum absolute atomic E-state index is 0.0829. The topological polar surface area (TPSA) is 68.9 Å². The summed E-state index contributed by atoms with van der Waals surface area (Å²) < 4.78 is 0.503. The highest BCUT2D eigenvalue weighted by Crippen LogP contribution is 2.06. The molecule has 1 heterocycles. The van der Waals surface area contributed by atoms with Crippen LogP contribution in [-0.2, 0) is 0 Å². The summed E-state index contributed by atoms with van der Waals surface area (Å²) in [6, 6.07) is 0. The second kappa shape index (κ2) is 2.86. The van der Waals surface area contributed by atoms with Crippen LogP contribution in [0.3, 0.4) is 0 Å². The molecule has 1 aromatic rings. The van der Waals surface area contributed by atoms with Crippen molar-refractivity contribution >= 4 is 28.3 Å². The molecule has 1 aromatic heterocycles. The maximum Gasteiger partial charge on any atom is 0.305 e. The van der Waals surface area contributed by atoms with Gasteiger partial charge in [-0.3, -0.25) is 10.1 Å². The Morgan fingerprint density at radius 3 is 2.40 bits per heavy atom. The SMILES string of the molecule is O=[N+]([O-])c1cnc(I)nc1. The van der Waals surface area contributed by atoms with E-state index in [2.05, 4.69) is 9.97 Å². The fourth-order valence-electron chi connectivity index (χ4n) is 0.400. The van der Waals surface area contributed by atoms with Crippen LogP contribution in [0.5, 0.6) is 0 Å². The van der Waals surface area contributed by atoms with Crippen molar-refractivity contribution in [2.75, 3.05) is 0 Å². The molecule has 0 aliphatic rings. The first-order valence-corrected chi connectivity index (χ1v) is 3.40. The van der Waals surface area contributed by atoms with Crippen LogP contribution < -0.4 is 0 Å². The van der Waals surface area contributed by atoms with E-state index in [1.165, 1.54) is 12.4 Å². The highest BCUT2D eigenvalue weighted by Gasteiger charge is 2.03. The fourth-order valence-corrected chi connectivity index (χ4v) is 0.678. The second-order valence-electron chi connectivity index (χ2n) is 1.47. The number of nitro groups is 1. The van der Waals surface area contributed by atoms with Crippen LogP contribution in [0.25, 0.3) is 0 Å². The minimum atomic E-state index is -0.532. The number of rotatable bonds is 1. The molecule has 0 bridgehead atoms. The Labute approximate surface area is 69.8 Å². The van der Waals surface area contributed by atoms with Gasteiger partial charge in [-0.05, 0) is 0 Å². The molecule has 6 heteroatoms. The van der Waals surface area contributed by atoms with Crippen molar-refractivity contribution in [2.45, 2.75) is 0 Å². The Hall–Kier alpha value is -0.790. The molecule has 0 atom stereocenters. The molecule has 0 aromatic carbocycles. The first kappa shape index (κ1) is 7.32. The molecule has 0 amide bonds. The third-order valence-electron chi connectivity index (χ3n) is 0.818. The van der Waals surface area contributed by atoms with E-state index in [-0.39, 0.29) is 5.69 Å². The number of hydrogen-bond donors (Lipinski definition) is 0. The average molecular weight is 251 g/mol. The van der Waals surface area contributed by atoms with Crippen molar-refractivity contribution in [1.29, 1.82) is 0 Å². The van der Waals surface area contributed by atoms with E-state index in [0.717, 1.165) is 0 Å². The highest BCUT2D eigenvalue weighted by molar-refractivity contribution is 14.1. The molecule has 52 valence electrons. The number of nitrogens with zero attached hydrogens (tertiary/aromatic N) is 3. The van der Waals surface area contributed by atoms with E-state index < -0.39 is 4.92 Å². The summed E-state index contributed by atoms with van der Waals surface area (Å²) in [5.74, 6) is 0. The van der Waals surface area contributed by atoms with E-state index in [1.807, 2.05) is 22.6 Å². The Balaban J connectivity index is 3.00. The van der Waals surface area contributed by atoms with Crippen LogP contribution >= 0.6 is 22.6 Å². The van der Waals surface area contributed by atoms with Crippen molar-refractivity contribution in [1.82, 2.24) is 9.97 Å². The maximum absolute atomic E-state index is 10.0. The number of aromatic nitrogens is 2. The van der Waals surface area contributed by atoms with Gasteiger partial charge in [0.2, 0.25) is 0 Å². The van der Waals surface area contributed by atoms with Crippen LogP contribution in [0.2, 0.25) is 0 Å². The zero-order valence-corrected chi connectivity index (χ0v) is 6.85. The van der Waals surface area contributed by atoms with E-state index in [9.17, 15) is 10.1 Å². The van der Waals surface area contributed by atoms with Crippen molar-refractivity contribution in [3.8, 4) is 0 Å². The van der Waals surface area contributed by atoms with Gasteiger partial charge in [0, 0.05) is 22.6 Å². The third kappa shape index (κ3) is 1.59. The summed E-state index contributed by atoms with van der Waals surface area (Å²) in [5, 5.41) is 10.0. The molecule has 1 rings (SSSR count). The smallest absolute Gasteiger partial charge is 0.258 e.